The van der Waals surface area contributed by atoms with Crippen molar-refractivity contribution in [3.63, 3.8) is 0 Å². The van der Waals surface area contributed by atoms with Crippen LogP contribution in [-0.4, -0.2) is 47.7 Å². The Bertz CT molecular complexity index is 590. The van der Waals surface area contributed by atoms with Gasteiger partial charge in [0.05, 0.1) is 0 Å². The van der Waals surface area contributed by atoms with Gasteiger partial charge in [-0.3, -0.25) is 4.79 Å². The van der Waals surface area contributed by atoms with Gasteiger partial charge in [-0.15, -0.1) is 0 Å². The summed E-state index contributed by atoms with van der Waals surface area (Å²) in [6, 6.07) is 9.47. The Kier molecular flexibility index (Phi) is 7.03. The summed E-state index contributed by atoms with van der Waals surface area (Å²) in [6.07, 6.45) is 1.29. The van der Waals surface area contributed by atoms with Crippen LogP contribution in [0.4, 0.5) is 4.79 Å². The molecule has 1 aromatic rings. The van der Waals surface area contributed by atoms with E-state index in [4.69, 9.17) is 9.47 Å². The van der Waals surface area contributed by atoms with E-state index in [1.165, 1.54) is 0 Å². The van der Waals surface area contributed by atoms with Crippen molar-refractivity contribution in [3.05, 3.63) is 35.9 Å². The number of hydrogen-bond donors (Lipinski definition) is 1. The second kappa shape index (κ2) is 9.03. The molecule has 1 fully saturated rings. The molecule has 0 aromatic heterocycles. The van der Waals surface area contributed by atoms with E-state index in [0.29, 0.717) is 13.1 Å². The Hall–Kier alpha value is -2.08. The Morgan fingerprint density at radius 3 is 2.38 bits per heavy atom. The number of benzene rings is 1. The van der Waals surface area contributed by atoms with E-state index >= 15 is 0 Å². The molecule has 0 radical (unpaired) electrons. The molecule has 1 saturated heterocycles. The lowest BCUT2D eigenvalue weighted by Gasteiger charge is -2.33. The molecule has 1 heterocycles. The fourth-order valence-electron chi connectivity index (χ4n) is 2.85. The van der Waals surface area contributed by atoms with Crippen LogP contribution in [-0.2, 0) is 20.9 Å². The fraction of sp³-hybridized carbons (Fsp3) is 0.600. The molecule has 1 N–H and O–H groups in total. The van der Waals surface area contributed by atoms with Crippen LogP contribution < -0.4 is 5.32 Å². The van der Waals surface area contributed by atoms with Gasteiger partial charge in [-0.1, -0.05) is 30.3 Å². The van der Waals surface area contributed by atoms with E-state index in [1.54, 1.807) is 4.90 Å². The molecule has 1 aromatic carbocycles. The summed E-state index contributed by atoms with van der Waals surface area (Å²) < 4.78 is 10.8. The molecule has 1 aliphatic rings. The van der Waals surface area contributed by atoms with Crippen LogP contribution in [0, 0.1) is 0 Å². The van der Waals surface area contributed by atoms with Gasteiger partial charge in [0, 0.05) is 19.1 Å². The minimum absolute atomic E-state index is 0.190. The summed E-state index contributed by atoms with van der Waals surface area (Å²) in [7, 11) is 0. The lowest BCUT2D eigenvalue weighted by atomic mass is 10.0. The first-order valence-electron chi connectivity index (χ1n) is 9.19. The molecule has 0 spiro atoms. The van der Waals surface area contributed by atoms with Gasteiger partial charge in [0.25, 0.3) is 0 Å². The van der Waals surface area contributed by atoms with Gasteiger partial charge in [0.15, 0.2) is 0 Å². The van der Waals surface area contributed by atoms with Gasteiger partial charge < -0.3 is 19.7 Å². The molecule has 1 aliphatic heterocycles. The number of likely N-dealkylation sites (tertiary alicyclic amines) is 1. The Balaban J connectivity index is 1.71. The van der Waals surface area contributed by atoms with Crippen molar-refractivity contribution >= 4 is 12.1 Å². The molecule has 1 amide bonds. The average molecular weight is 362 g/mol. The predicted octanol–water partition coefficient (Wildman–Crippen LogP) is 3.11. The standard InChI is InChI=1S/C20H30N2O4/c1-15(18(23)26-20(2,3)4)21-17-10-12-22(13-11-17)19(24)25-14-16-8-6-5-7-9-16/h5-9,15,17,21H,10-14H2,1-4H3. The van der Waals surface area contributed by atoms with Crippen molar-refractivity contribution in [2.24, 2.45) is 0 Å². The van der Waals surface area contributed by atoms with Gasteiger partial charge in [-0.2, -0.15) is 0 Å². The normalized spacial score (nSPS) is 16.8. The molecule has 6 heteroatoms. The second-order valence-corrected chi connectivity index (χ2v) is 7.72. The first-order chi connectivity index (χ1) is 12.2. The molecule has 1 unspecified atom stereocenters. The third-order valence-electron chi connectivity index (χ3n) is 4.20. The van der Waals surface area contributed by atoms with Crippen LogP contribution in [0.3, 0.4) is 0 Å². The zero-order valence-electron chi connectivity index (χ0n) is 16.2. The van der Waals surface area contributed by atoms with Crippen LogP contribution in [0.5, 0.6) is 0 Å². The van der Waals surface area contributed by atoms with E-state index in [-0.39, 0.29) is 30.8 Å². The van der Waals surface area contributed by atoms with E-state index in [0.717, 1.165) is 18.4 Å². The number of ether oxygens (including phenoxy) is 2. The number of nitrogens with zero attached hydrogens (tertiary/aromatic N) is 1. The number of rotatable bonds is 5. The van der Waals surface area contributed by atoms with Crippen molar-refractivity contribution in [3.8, 4) is 0 Å². The zero-order chi connectivity index (χ0) is 19.2. The van der Waals surface area contributed by atoms with Crippen LogP contribution >= 0.6 is 0 Å². The highest BCUT2D eigenvalue weighted by Crippen LogP contribution is 2.14. The first kappa shape index (κ1) is 20.2. The highest BCUT2D eigenvalue weighted by atomic mass is 16.6. The maximum absolute atomic E-state index is 12.2. The smallest absolute Gasteiger partial charge is 0.410 e. The summed E-state index contributed by atoms with van der Waals surface area (Å²) in [5.41, 5.74) is 0.488. The second-order valence-electron chi connectivity index (χ2n) is 7.72. The minimum atomic E-state index is -0.487. The molecule has 1 atom stereocenters. The number of piperidine rings is 1. The van der Waals surface area contributed by atoms with Crippen LogP contribution in [0.25, 0.3) is 0 Å². The molecule has 0 saturated carbocycles. The maximum atomic E-state index is 12.2. The predicted molar refractivity (Wildman–Crippen MR) is 99.7 cm³/mol. The van der Waals surface area contributed by atoms with Crippen LogP contribution in [0.2, 0.25) is 0 Å². The van der Waals surface area contributed by atoms with Gasteiger partial charge in [0.2, 0.25) is 0 Å². The molecule has 0 aliphatic carbocycles. The van der Waals surface area contributed by atoms with Crippen molar-refractivity contribution in [2.75, 3.05) is 13.1 Å². The number of esters is 1. The Morgan fingerprint density at radius 2 is 1.81 bits per heavy atom. The summed E-state index contributed by atoms with van der Waals surface area (Å²) in [4.78, 5) is 26.0. The van der Waals surface area contributed by atoms with Gasteiger partial charge >= 0.3 is 12.1 Å². The number of carbonyl (C=O) groups is 2. The summed E-state index contributed by atoms with van der Waals surface area (Å²) >= 11 is 0. The topological polar surface area (TPSA) is 67.9 Å². The molecule has 0 bridgehead atoms. The molecule has 6 nitrogen and oxygen atoms in total. The molecule has 2 rings (SSSR count). The minimum Gasteiger partial charge on any atom is -0.459 e. The van der Waals surface area contributed by atoms with E-state index in [9.17, 15) is 9.59 Å². The van der Waals surface area contributed by atoms with E-state index < -0.39 is 5.60 Å². The summed E-state index contributed by atoms with van der Waals surface area (Å²) in [6.45, 7) is 8.91. The Morgan fingerprint density at radius 1 is 1.19 bits per heavy atom. The third-order valence-corrected chi connectivity index (χ3v) is 4.20. The number of hydrogen-bond acceptors (Lipinski definition) is 5. The number of carbonyl (C=O) groups excluding carboxylic acids is 2. The average Bonchev–Trinajstić information content (AvgIpc) is 2.59. The van der Waals surface area contributed by atoms with Crippen LogP contribution in [0.1, 0.15) is 46.1 Å². The molecule has 26 heavy (non-hydrogen) atoms. The Labute approximate surface area is 155 Å². The van der Waals surface area contributed by atoms with Gasteiger partial charge in [0.1, 0.15) is 18.2 Å². The molecular weight excluding hydrogens is 332 g/mol. The highest BCUT2D eigenvalue weighted by Gasteiger charge is 2.28. The summed E-state index contributed by atoms with van der Waals surface area (Å²) in [5.74, 6) is -0.248. The van der Waals surface area contributed by atoms with E-state index in [1.807, 2.05) is 58.0 Å². The number of nitrogens with one attached hydrogen (secondary N) is 1. The van der Waals surface area contributed by atoms with Crippen molar-refractivity contribution < 1.29 is 19.1 Å². The van der Waals surface area contributed by atoms with Crippen LogP contribution in [0.15, 0.2) is 30.3 Å². The maximum Gasteiger partial charge on any atom is 0.410 e. The first-order valence-corrected chi connectivity index (χ1v) is 9.19. The zero-order valence-corrected chi connectivity index (χ0v) is 16.2. The lowest BCUT2D eigenvalue weighted by Crippen LogP contribution is -2.50. The quantitative estimate of drug-likeness (QED) is 0.815. The number of amides is 1. The van der Waals surface area contributed by atoms with Gasteiger partial charge in [-0.25, -0.2) is 4.79 Å². The van der Waals surface area contributed by atoms with E-state index in [2.05, 4.69) is 5.32 Å². The molecular formula is C20H30N2O4. The highest BCUT2D eigenvalue weighted by molar-refractivity contribution is 5.75. The lowest BCUT2D eigenvalue weighted by molar-refractivity contribution is -0.157. The van der Waals surface area contributed by atoms with Gasteiger partial charge in [-0.05, 0) is 46.1 Å². The largest absolute Gasteiger partial charge is 0.459 e. The summed E-state index contributed by atoms with van der Waals surface area (Å²) in [5, 5.41) is 3.31. The fourth-order valence-corrected chi connectivity index (χ4v) is 2.85. The SMILES string of the molecule is CC(NC1CCN(C(=O)OCc2ccccc2)CC1)C(=O)OC(C)(C)C. The van der Waals surface area contributed by atoms with Crippen molar-refractivity contribution in [1.82, 2.24) is 10.2 Å². The van der Waals surface area contributed by atoms with Crippen molar-refractivity contribution in [2.45, 2.75) is 64.8 Å². The van der Waals surface area contributed by atoms with Crippen molar-refractivity contribution in [1.29, 1.82) is 0 Å². The monoisotopic (exact) mass is 362 g/mol. The molecule has 144 valence electrons. The third kappa shape index (κ3) is 6.67.